The van der Waals surface area contributed by atoms with Crippen molar-refractivity contribution in [1.29, 1.82) is 0 Å². The molecule has 1 aromatic carbocycles. The topological polar surface area (TPSA) is 39.2 Å². The summed E-state index contributed by atoms with van der Waals surface area (Å²) in [5.41, 5.74) is 1.94. The monoisotopic (exact) mass is 267 g/mol. The third kappa shape index (κ3) is 2.72. The highest BCUT2D eigenvalue weighted by atomic mass is 16.5. The fraction of sp³-hybridized carbons (Fsp3) is 0.294. The van der Waals surface area contributed by atoms with Gasteiger partial charge in [0.05, 0.1) is 5.92 Å². The van der Waals surface area contributed by atoms with Gasteiger partial charge in [0.25, 0.3) is 0 Å². The fourth-order valence-corrected chi connectivity index (χ4v) is 2.35. The van der Waals surface area contributed by atoms with Crippen LogP contribution in [0.4, 0.5) is 0 Å². The summed E-state index contributed by atoms with van der Waals surface area (Å²) < 4.78 is 5.75. The van der Waals surface area contributed by atoms with Gasteiger partial charge in [-0.1, -0.05) is 37.3 Å². The van der Waals surface area contributed by atoms with E-state index in [4.69, 9.17) is 4.74 Å². The lowest BCUT2D eigenvalue weighted by Gasteiger charge is -2.18. The number of aromatic nitrogens is 1. The van der Waals surface area contributed by atoms with Gasteiger partial charge in [-0.2, -0.15) is 0 Å². The molecule has 1 saturated carbocycles. The van der Waals surface area contributed by atoms with Gasteiger partial charge in [0.1, 0.15) is 0 Å². The van der Waals surface area contributed by atoms with Crippen LogP contribution in [-0.4, -0.2) is 11.0 Å². The molecule has 0 unspecified atom stereocenters. The number of benzene rings is 1. The van der Waals surface area contributed by atoms with Crippen molar-refractivity contribution in [3.05, 3.63) is 66.0 Å². The van der Waals surface area contributed by atoms with Gasteiger partial charge < -0.3 is 4.74 Å². The molecule has 20 heavy (non-hydrogen) atoms. The van der Waals surface area contributed by atoms with Crippen molar-refractivity contribution in [2.75, 3.05) is 0 Å². The van der Waals surface area contributed by atoms with Crippen LogP contribution in [0, 0.1) is 11.8 Å². The maximum atomic E-state index is 12.1. The molecule has 0 aliphatic heterocycles. The van der Waals surface area contributed by atoms with E-state index in [1.54, 1.807) is 12.4 Å². The van der Waals surface area contributed by atoms with Gasteiger partial charge >= 0.3 is 5.97 Å². The molecule has 0 N–H and O–H groups in total. The predicted molar refractivity (Wildman–Crippen MR) is 75.9 cm³/mol. The molecule has 3 atom stereocenters. The van der Waals surface area contributed by atoms with Crippen molar-refractivity contribution in [3.63, 3.8) is 0 Å². The second-order valence-corrected chi connectivity index (χ2v) is 5.33. The van der Waals surface area contributed by atoms with E-state index >= 15 is 0 Å². The Morgan fingerprint density at radius 3 is 2.35 bits per heavy atom. The Balaban J connectivity index is 1.86. The molecule has 102 valence electrons. The Kier molecular flexibility index (Phi) is 3.50. The van der Waals surface area contributed by atoms with Gasteiger partial charge in [-0.15, -0.1) is 0 Å². The average molecular weight is 267 g/mol. The normalized spacial score (nSPS) is 22.1. The molecular formula is C17H17NO2. The highest BCUT2D eigenvalue weighted by molar-refractivity contribution is 5.76. The molecule has 1 fully saturated rings. The van der Waals surface area contributed by atoms with Gasteiger partial charge in [0.2, 0.25) is 0 Å². The fourth-order valence-electron chi connectivity index (χ4n) is 2.35. The number of carbonyl (C=O) groups excluding carboxylic acids is 1. The number of hydrogen-bond acceptors (Lipinski definition) is 3. The molecule has 0 amide bonds. The molecule has 1 aliphatic carbocycles. The lowest BCUT2D eigenvalue weighted by molar-refractivity contribution is -0.149. The number of ether oxygens (including phenoxy) is 1. The summed E-state index contributed by atoms with van der Waals surface area (Å²) in [6.07, 6.45) is 4.04. The Morgan fingerprint density at radius 2 is 1.75 bits per heavy atom. The zero-order valence-corrected chi connectivity index (χ0v) is 11.4. The summed E-state index contributed by atoms with van der Waals surface area (Å²) in [6.45, 7) is 2.08. The Bertz CT molecular complexity index is 543. The number of nitrogens with zero attached hydrogens (tertiary/aromatic N) is 1. The number of esters is 1. The molecule has 3 rings (SSSR count). The number of pyridine rings is 1. The van der Waals surface area contributed by atoms with Crippen LogP contribution in [0.25, 0.3) is 0 Å². The average Bonchev–Trinajstić information content (AvgIpc) is 3.23. The zero-order chi connectivity index (χ0) is 13.9. The maximum Gasteiger partial charge on any atom is 0.310 e. The highest BCUT2D eigenvalue weighted by Gasteiger charge is 2.41. The van der Waals surface area contributed by atoms with Crippen molar-refractivity contribution in [3.8, 4) is 0 Å². The van der Waals surface area contributed by atoms with E-state index in [1.165, 1.54) is 0 Å². The first-order valence-corrected chi connectivity index (χ1v) is 6.91. The van der Waals surface area contributed by atoms with Crippen molar-refractivity contribution >= 4 is 5.97 Å². The molecular weight excluding hydrogens is 250 g/mol. The smallest absolute Gasteiger partial charge is 0.310 e. The van der Waals surface area contributed by atoms with Gasteiger partial charge in [-0.05, 0) is 30.0 Å². The second-order valence-electron chi connectivity index (χ2n) is 5.33. The summed E-state index contributed by atoms with van der Waals surface area (Å²) in [5, 5.41) is 0. The largest absolute Gasteiger partial charge is 0.452 e. The van der Waals surface area contributed by atoms with Crippen LogP contribution in [-0.2, 0) is 9.53 Å². The first kappa shape index (κ1) is 12.9. The SMILES string of the molecule is C[C@@H]1C[C@@H]1C(=O)O[C@@H](c1ccccc1)c1ccncc1. The summed E-state index contributed by atoms with van der Waals surface area (Å²) >= 11 is 0. The standard InChI is InChI=1S/C17H17NO2/c1-12-11-15(12)17(19)20-16(13-5-3-2-4-6-13)14-7-9-18-10-8-14/h2-10,12,15-16H,11H2,1H3/t12-,15+,16+/m1/s1. The first-order chi connectivity index (χ1) is 9.75. The molecule has 3 nitrogen and oxygen atoms in total. The van der Waals surface area contributed by atoms with Crippen LogP contribution < -0.4 is 0 Å². The van der Waals surface area contributed by atoms with E-state index in [0.717, 1.165) is 17.5 Å². The van der Waals surface area contributed by atoms with Crippen LogP contribution in [0.2, 0.25) is 0 Å². The van der Waals surface area contributed by atoms with Crippen molar-refractivity contribution in [2.24, 2.45) is 11.8 Å². The summed E-state index contributed by atoms with van der Waals surface area (Å²) in [5.74, 6) is 0.433. The third-order valence-electron chi connectivity index (χ3n) is 3.76. The Labute approximate surface area is 118 Å². The lowest BCUT2D eigenvalue weighted by atomic mass is 10.0. The molecule has 0 radical (unpaired) electrons. The van der Waals surface area contributed by atoms with Crippen LogP contribution in [0.3, 0.4) is 0 Å². The lowest BCUT2D eigenvalue weighted by Crippen LogP contribution is -2.14. The van der Waals surface area contributed by atoms with E-state index in [9.17, 15) is 4.79 Å². The zero-order valence-electron chi connectivity index (χ0n) is 11.4. The van der Waals surface area contributed by atoms with Gasteiger partial charge in [-0.3, -0.25) is 9.78 Å². The van der Waals surface area contributed by atoms with E-state index in [2.05, 4.69) is 11.9 Å². The number of carbonyl (C=O) groups is 1. The second kappa shape index (κ2) is 5.45. The molecule has 2 aromatic rings. The van der Waals surface area contributed by atoms with Crippen LogP contribution in [0.1, 0.15) is 30.6 Å². The molecule has 1 aromatic heterocycles. The summed E-state index contributed by atoms with van der Waals surface area (Å²) in [7, 11) is 0. The highest BCUT2D eigenvalue weighted by Crippen LogP contribution is 2.40. The quantitative estimate of drug-likeness (QED) is 0.797. The Hall–Kier alpha value is -2.16. The van der Waals surface area contributed by atoms with Gasteiger partial charge in [0, 0.05) is 18.0 Å². The molecule has 3 heteroatoms. The summed E-state index contributed by atoms with van der Waals surface area (Å²) in [6, 6.07) is 13.6. The molecule has 0 saturated heterocycles. The van der Waals surface area contributed by atoms with E-state index < -0.39 is 0 Å². The third-order valence-corrected chi connectivity index (χ3v) is 3.76. The summed E-state index contributed by atoms with van der Waals surface area (Å²) in [4.78, 5) is 16.2. The minimum Gasteiger partial charge on any atom is -0.452 e. The van der Waals surface area contributed by atoms with Gasteiger partial charge in [-0.25, -0.2) is 0 Å². The van der Waals surface area contributed by atoms with Crippen molar-refractivity contribution in [1.82, 2.24) is 4.98 Å². The van der Waals surface area contributed by atoms with Crippen LogP contribution >= 0.6 is 0 Å². The minimum absolute atomic E-state index is 0.0723. The van der Waals surface area contributed by atoms with Crippen molar-refractivity contribution in [2.45, 2.75) is 19.4 Å². The minimum atomic E-state index is -0.348. The van der Waals surface area contributed by atoms with E-state index in [0.29, 0.717) is 5.92 Å². The first-order valence-electron chi connectivity index (χ1n) is 6.91. The predicted octanol–water partition coefficient (Wildman–Crippen LogP) is 3.37. The number of rotatable bonds is 4. The molecule has 1 aliphatic rings. The Morgan fingerprint density at radius 1 is 1.15 bits per heavy atom. The molecule has 1 heterocycles. The molecule has 0 spiro atoms. The number of hydrogen-bond donors (Lipinski definition) is 0. The van der Waals surface area contributed by atoms with E-state index in [1.807, 2.05) is 42.5 Å². The maximum absolute atomic E-state index is 12.1. The van der Waals surface area contributed by atoms with Crippen LogP contribution in [0.15, 0.2) is 54.9 Å². The van der Waals surface area contributed by atoms with E-state index in [-0.39, 0.29) is 18.0 Å². The van der Waals surface area contributed by atoms with Crippen LogP contribution in [0.5, 0.6) is 0 Å². The molecule has 0 bridgehead atoms. The van der Waals surface area contributed by atoms with Gasteiger partial charge in [0.15, 0.2) is 6.10 Å². The van der Waals surface area contributed by atoms with Crippen molar-refractivity contribution < 1.29 is 9.53 Å².